The van der Waals surface area contributed by atoms with Crippen molar-refractivity contribution in [2.45, 2.75) is 32.2 Å². The molecule has 2 N–H and O–H groups in total. The van der Waals surface area contributed by atoms with Crippen molar-refractivity contribution in [3.8, 4) is 0 Å². The zero-order valence-corrected chi connectivity index (χ0v) is 15.3. The molecule has 0 radical (unpaired) electrons. The van der Waals surface area contributed by atoms with E-state index in [9.17, 15) is 9.59 Å². The second kappa shape index (κ2) is 10.4. The molecule has 1 aliphatic heterocycles. The summed E-state index contributed by atoms with van der Waals surface area (Å²) in [5, 5.41) is 6.39. The van der Waals surface area contributed by atoms with Crippen LogP contribution in [0.25, 0.3) is 0 Å². The van der Waals surface area contributed by atoms with Gasteiger partial charge in [-0.1, -0.05) is 18.5 Å². The average Bonchev–Trinajstić information content (AvgIpc) is 2.62. The second-order valence-electron chi connectivity index (χ2n) is 6.14. The highest BCUT2D eigenvalue weighted by Gasteiger charge is 2.17. The molecule has 1 heterocycles. The van der Waals surface area contributed by atoms with Crippen LogP contribution in [0.5, 0.6) is 0 Å². The molecule has 0 aromatic heterocycles. The third kappa shape index (κ3) is 7.42. The number of ether oxygens (including phenoxy) is 1. The first-order chi connectivity index (χ1) is 12.1. The van der Waals surface area contributed by atoms with Gasteiger partial charge in [0.25, 0.3) is 0 Å². The Morgan fingerprint density at radius 1 is 1.16 bits per heavy atom. The SMILES string of the molecule is CCC(CN1CCOCC1)NC(=O)CCC(=O)Nc1ccc(Cl)cc1. The van der Waals surface area contributed by atoms with Crippen LogP contribution in [0, 0.1) is 0 Å². The molecular weight excluding hydrogens is 342 g/mol. The number of nitrogens with zero attached hydrogens (tertiary/aromatic N) is 1. The topological polar surface area (TPSA) is 70.7 Å². The van der Waals surface area contributed by atoms with Crippen LogP contribution in [0.2, 0.25) is 5.02 Å². The fourth-order valence-corrected chi connectivity index (χ4v) is 2.78. The summed E-state index contributed by atoms with van der Waals surface area (Å²) in [4.78, 5) is 26.3. The maximum Gasteiger partial charge on any atom is 0.224 e. The normalized spacial score (nSPS) is 16.2. The van der Waals surface area contributed by atoms with Gasteiger partial charge < -0.3 is 15.4 Å². The van der Waals surface area contributed by atoms with Crippen LogP contribution in [0.15, 0.2) is 24.3 Å². The number of carbonyl (C=O) groups excluding carboxylic acids is 2. The number of carbonyl (C=O) groups is 2. The Bertz CT molecular complexity index is 559. The molecule has 138 valence electrons. The fraction of sp³-hybridized carbons (Fsp3) is 0.556. The van der Waals surface area contributed by atoms with E-state index in [0.717, 1.165) is 39.3 Å². The van der Waals surface area contributed by atoms with Gasteiger partial charge in [0, 0.05) is 49.2 Å². The summed E-state index contributed by atoms with van der Waals surface area (Å²) in [6.45, 7) is 6.16. The van der Waals surface area contributed by atoms with E-state index in [1.165, 1.54) is 0 Å². The molecule has 0 bridgehead atoms. The van der Waals surface area contributed by atoms with Crippen molar-refractivity contribution < 1.29 is 14.3 Å². The molecule has 0 aliphatic carbocycles. The summed E-state index contributed by atoms with van der Waals surface area (Å²) in [5.41, 5.74) is 0.675. The number of hydrogen-bond acceptors (Lipinski definition) is 4. The van der Waals surface area contributed by atoms with E-state index in [-0.39, 0.29) is 30.7 Å². The highest BCUT2D eigenvalue weighted by Crippen LogP contribution is 2.13. The third-order valence-corrected chi connectivity index (χ3v) is 4.40. The molecule has 1 atom stereocenters. The van der Waals surface area contributed by atoms with Gasteiger partial charge in [-0.25, -0.2) is 0 Å². The highest BCUT2D eigenvalue weighted by molar-refractivity contribution is 6.30. The van der Waals surface area contributed by atoms with E-state index in [0.29, 0.717) is 10.7 Å². The van der Waals surface area contributed by atoms with Crippen LogP contribution in [-0.2, 0) is 14.3 Å². The minimum atomic E-state index is -0.182. The van der Waals surface area contributed by atoms with Gasteiger partial charge in [-0.15, -0.1) is 0 Å². The van der Waals surface area contributed by atoms with Crippen molar-refractivity contribution in [2.24, 2.45) is 0 Å². The highest BCUT2D eigenvalue weighted by atomic mass is 35.5. The average molecular weight is 368 g/mol. The van der Waals surface area contributed by atoms with Gasteiger partial charge in [0.2, 0.25) is 11.8 Å². The fourth-order valence-electron chi connectivity index (χ4n) is 2.66. The lowest BCUT2D eigenvalue weighted by Gasteiger charge is -2.30. The lowest BCUT2D eigenvalue weighted by molar-refractivity contribution is -0.125. The Balaban J connectivity index is 1.69. The monoisotopic (exact) mass is 367 g/mol. The molecule has 1 aromatic rings. The largest absolute Gasteiger partial charge is 0.379 e. The van der Waals surface area contributed by atoms with Crippen molar-refractivity contribution in [1.82, 2.24) is 10.2 Å². The second-order valence-corrected chi connectivity index (χ2v) is 6.58. The number of anilines is 1. The van der Waals surface area contributed by atoms with Gasteiger partial charge in [-0.05, 0) is 30.7 Å². The smallest absolute Gasteiger partial charge is 0.224 e. The molecule has 1 saturated heterocycles. The van der Waals surface area contributed by atoms with E-state index >= 15 is 0 Å². The van der Waals surface area contributed by atoms with Gasteiger partial charge in [-0.2, -0.15) is 0 Å². The minimum Gasteiger partial charge on any atom is -0.379 e. The number of hydrogen-bond donors (Lipinski definition) is 2. The summed E-state index contributed by atoms with van der Waals surface area (Å²) >= 11 is 5.81. The predicted octanol–water partition coefficient (Wildman–Crippen LogP) is 2.29. The Kier molecular flexibility index (Phi) is 8.18. The molecule has 6 nitrogen and oxygen atoms in total. The number of rotatable bonds is 8. The molecular formula is C18H26ClN3O3. The molecule has 1 fully saturated rings. The first kappa shape index (κ1) is 19.7. The Hall–Kier alpha value is -1.63. The maximum atomic E-state index is 12.1. The zero-order valence-electron chi connectivity index (χ0n) is 14.6. The van der Waals surface area contributed by atoms with Crippen LogP contribution in [0.4, 0.5) is 5.69 Å². The lowest BCUT2D eigenvalue weighted by Crippen LogP contribution is -2.47. The Morgan fingerprint density at radius 2 is 1.80 bits per heavy atom. The zero-order chi connectivity index (χ0) is 18.1. The molecule has 1 unspecified atom stereocenters. The summed E-state index contributed by atoms with van der Waals surface area (Å²) < 4.78 is 5.34. The van der Waals surface area contributed by atoms with Crippen molar-refractivity contribution in [2.75, 3.05) is 38.2 Å². The number of morpholine rings is 1. The van der Waals surface area contributed by atoms with Crippen LogP contribution in [0.1, 0.15) is 26.2 Å². The van der Waals surface area contributed by atoms with Crippen LogP contribution < -0.4 is 10.6 Å². The number of benzene rings is 1. The quantitative estimate of drug-likeness (QED) is 0.739. The van der Waals surface area contributed by atoms with Crippen LogP contribution in [0.3, 0.4) is 0 Å². The van der Waals surface area contributed by atoms with Crippen molar-refractivity contribution in [1.29, 1.82) is 0 Å². The van der Waals surface area contributed by atoms with Gasteiger partial charge in [-0.3, -0.25) is 14.5 Å². The first-order valence-electron chi connectivity index (χ1n) is 8.71. The number of halogens is 1. The van der Waals surface area contributed by atoms with E-state index < -0.39 is 0 Å². The van der Waals surface area contributed by atoms with E-state index in [4.69, 9.17) is 16.3 Å². The standard InChI is InChI=1S/C18H26ClN3O3/c1-2-15(13-22-9-11-25-12-10-22)20-17(23)7-8-18(24)21-16-5-3-14(19)4-6-16/h3-6,15H,2,7-13H2,1H3,(H,20,23)(H,21,24). The molecule has 2 amide bonds. The maximum absolute atomic E-state index is 12.1. The number of nitrogens with one attached hydrogen (secondary N) is 2. The summed E-state index contributed by atoms with van der Waals surface area (Å²) in [7, 11) is 0. The third-order valence-electron chi connectivity index (χ3n) is 4.15. The first-order valence-corrected chi connectivity index (χ1v) is 9.09. The number of amides is 2. The minimum absolute atomic E-state index is 0.0913. The van der Waals surface area contributed by atoms with Crippen LogP contribution in [-0.4, -0.2) is 55.6 Å². The summed E-state index contributed by atoms with van der Waals surface area (Å²) in [6, 6.07) is 6.98. The van der Waals surface area contributed by atoms with E-state index in [1.807, 2.05) is 0 Å². The Morgan fingerprint density at radius 3 is 2.44 bits per heavy atom. The van der Waals surface area contributed by atoms with Gasteiger partial charge in [0.1, 0.15) is 0 Å². The van der Waals surface area contributed by atoms with Gasteiger partial charge in [0.15, 0.2) is 0 Å². The Labute approximate surface area is 153 Å². The summed E-state index contributed by atoms with van der Waals surface area (Å²) in [6.07, 6.45) is 1.20. The van der Waals surface area contributed by atoms with Crippen molar-refractivity contribution in [3.05, 3.63) is 29.3 Å². The molecule has 25 heavy (non-hydrogen) atoms. The predicted molar refractivity (Wildman–Crippen MR) is 98.8 cm³/mol. The molecule has 1 aliphatic rings. The molecule has 1 aromatic carbocycles. The molecule has 7 heteroatoms. The lowest BCUT2D eigenvalue weighted by atomic mass is 10.2. The van der Waals surface area contributed by atoms with Gasteiger partial charge >= 0.3 is 0 Å². The van der Waals surface area contributed by atoms with Crippen molar-refractivity contribution in [3.63, 3.8) is 0 Å². The molecule has 2 rings (SSSR count). The van der Waals surface area contributed by atoms with E-state index in [2.05, 4.69) is 22.5 Å². The van der Waals surface area contributed by atoms with Crippen molar-refractivity contribution >= 4 is 29.1 Å². The van der Waals surface area contributed by atoms with E-state index in [1.54, 1.807) is 24.3 Å². The van der Waals surface area contributed by atoms with Crippen LogP contribution >= 0.6 is 11.6 Å². The van der Waals surface area contributed by atoms with Gasteiger partial charge in [0.05, 0.1) is 13.2 Å². The molecule has 0 spiro atoms. The summed E-state index contributed by atoms with van der Waals surface area (Å²) in [5.74, 6) is -0.273. The molecule has 0 saturated carbocycles.